The number of esters is 1. The highest BCUT2D eigenvalue weighted by Crippen LogP contribution is 2.61. The molecule has 0 unspecified atom stereocenters. The number of carbonyl (C=O) groups is 1. The fourth-order valence-corrected chi connectivity index (χ4v) is 4.62. The number of rotatable bonds is 4. The lowest BCUT2D eigenvalue weighted by Gasteiger charge is -2.61. The molecule has 22 heavy (non-hydrogen) atoms. The van der Waals surface area contributed by atoms with Crippen LogP contribution in [-0.4, -0.2) is 17.1 Å². The van der Waals surface area contributed by atoms with E-state index in [9.17, 15) is 4.79 Å². The summed E-state index contributed by atoms with van der Waals surface area (Å²) >= 11 is 0. The maximum Gasteiger partial charge on any atom is 0.313 e. The molecule has 3 nitrogen and oxygen atoms in total. The second kappa shape index (κ2) is 5.68. The molecule has 2 bridgehead atoms. The molecule has 0 aromatic carbocycles. The summed E-state index contributed by atoms with van der Waals surface area (Å²) in [5.74, 6) is 1.66. The number of ether oxygens (including phenoxy) is 1. The van der Waals surface area contributed by atoms with Crippen molar-refractivity contribution < 1.29 is 9.53 Å². The van der Waals surface area contributed by atoms with Gasteiger partial charge in [0.25, 0.3) is 0 Å². The van der Waals surface area contributed by atoms with Crippen LogP contribution in [-0.2, 0) is 9.53 Å². The third-order valence-corrected chi connectivity index (χ3v) is 6.35. The van der Waals surface area contributed by atoms with Gasteiger partial charge in [-0.15, -0.1) is 0 Å². The van der Waals surface area contributed by atoms with Crippen LogP contribution in [0.1, 0.15) is 58.4 Å². The molecular formula is C19H27NO2. The van der Waals surface area contributed by atoms with Gasteiger partial charge in [0.2, 0.25) is 0 Å². The van der Waals surface area contributed by atoms with Gasteiger partial charge in [0.15, 0.2) is 0 Å². The Morgan fingerprint density at radius 2 is 2.05 bits per heavy atom. The lowest BCUT2D eigenvalue weighted by Crippen LogP contribution is -2.57. The van der Waals surface area contributed by atoms with Gasteiger partial charge >= 0.3 is 5.97 Å². The third kappa shape index (κ3) is 2.45. The lowest BCUT2D eigenvalue weighted by atomic mass is 9.45. The molecule has 1 aromatic rings. The normalized spacial score (nSPS) is 33.6. The number of aromatic nitrogens is 1. The van der Waals surface area contributed by atoms with Crippen molar-refractivity contribution in [1.29, 1.82) is 0 Å². The fraction of sp³-hybridized carbons (Fsp3) is 0.684. The van der Waals surface area contributed by atoms with E-state index in [1.807, 2.05) is 19.1 Å². The van der Waals surface area contributed by atoms with Crippen molar-refractivity contribution in [3.05, 3.63) is 30.1 Å². The number of fused-ring (bicyclic) bond motifs is 2. The van der Waals surface area contributed by atoms with Crippen molar-refractivity contribution in [3.8, 4) is 0 Å². The molecular weight excluding hydrogens is 274 g/mol. The highest BCUT2D eigenvalue weighted by molar-refractivity contribution is 5.78. The van der Waals surface area contributed by atoms with Crippen LogP contribution in [0.3, 0.4) is 0 Å². The zero-order valence-electron chi connectivity index (χ0n) is 14.1. The first-order chi connectivity index (χ1) is 10.4. The number of hydrogen-bond donors (Lipinski definition) is 0. The molecule has 3 aliphatic carbocycles. The monoisotopic (exact) mass is 301 g/mol. The second-order valence-corrected chi connectivity index (χ2v) is 7.67. The highest BCUT2D eigenvalue weighted by Gasteiger charge is 2.57. The molecule has 3 saturated carbocycles. The van der Waals surface area contributed by atoms with E-state index in [0.29, 0.717) is 23.2 Å². The molecule has 0 spiro atoms. The van der Waals surface area contributed by atoms with Crippen molar-refractivity contribution >= 4 is 5.97 Å². The Balaban J connectivity index is 1.67. The number of hydrogen-bond acceptors (Lipinski definition) is 3. The molecule has 0 saturated heterocycles. The van der Waals surface area contributed by atoms with Crippen LogP contribution in [0.5, 0.6) is 0 Å². The zero-order valence-corrected chi connectivity index (χ0v) is 14.1. The molecule has 1 heterocycles. The summed E-state index contributed by atoms with van der Waals surface area (Å²) in [4.78, 5) is 16.7. The third-order valence-electron chi connectivity index (χ3n) is 6.35. The van der Waals surface area contributed by atoms with Crippen LogP contribution in [0, 0.1) is 23.2 Å². The summed E-state index contributed by atoms with van der Waals surface area (Å²) in [5, 5.41) is 0. The van der Waals surface area contributed by atoms with Gasteiger partial charge < -0.3 is 4.74 Å². The van der Waals surface area contributed by atoms with E-state index in [-0.39, 0.29) is 18.0 Å². The molecule has 120 valence electrons. The minimum Gasteiger partial charge on any atom is -0.462 e. The largest absolute Gasteiger partial charge is 0.462 e. The molecule has 0 aliphatic heterocycles. The minimum absolute atomic E-state index is 0.0651. The maximum atomic E-state index is 12.6. The zero-order chi connectivity index (χ0) is 15.9. The first kappa shape index (κ1) is 15.5. The Labute approximate surface area is 133 Å². The standard InChI is InChI=1S/C19H27NO2/c1-5-15(13-6-8-20-9-7-13)18(21)22-17-11-14-10-16(12(17)2)19(14,3)4/h6-9,12,14-17H,5,10-11H2,1-4H3/t12-,14+,15-,16-,17-/m0/s1. The topological polar surface area (TPSA) is 39.2 Å². The average Bonchev–Trinajstić information content (AvgIpc) is 2.50. The molecule has 3 aliphatic rings. The molecule has 4 rings (SSSR count). The summed E-state index contributed by atoms with van der Waals surface area (Å²) in [6.07, 6.45) is 6.69. The van der Waals surface area contributed by atoms with E-state index in [4.69, 9.17) is 4.74 Å². The second-order valence-electron chi connectivity index (χ2n) is 7.67. The first-order valence-electron chi connectivity index (χ1n) is 8.55. The minimum atomic E-state index is -0.165. The molecule has 3 fully saturated rings. The first-order valence-corrected chi connectivity index (χ1v) is 8.55. The van der Waals surface area contributed by atoms with E-state index in [0.717, 1.165) is 18.4 Å². The number of carbonyl (C=O) groups excluding carboxylic acids is 1. The van der Waals surface area contributed by atoms with Crippen molar-refractivity contribution in [2.75, 3.05) is 0 Å². The van der Waals surface area contributed by atoms with Crippen molar-refractivity contribution in [2.45, 2.75) is 59.0 Å². The smallest absolute Gasteiger partial charge is 0.313 e. The van der Waals surface area contributed by atoms with Gasteiger partial charge in [-0.1, -0.05) is 27.7 Å². The van der Waals surface area contributed by atoms with Gasteiger partial charge in [0.1, 0.15) is 6.10 Å². The van der Waals surface area contributed by atoms with E-state index in [2.05, 4.69) is 25.8 Å². The SMILES string of the molecule is CC[C@H](C(=O)O[C@H]1C[C@H]2C[C@@H]([C@@H]1C)C2(C)C)c1ccncc1. The Kier molecular flexibility index (Phi) is 4.00. The average molecular weight is 301 g/mol. The van der Waals surface area contributed by atoms with E-state index >= 15 is 0 Å². The number of pyridine rings is 1. The molecule has 1 aromatic heterocycles. The molecule has 5 atom stereocenters. The quantitative estimate of drug-likeness (QED) is 0.783. The summed E-state index contributed by atoms with van der Waals surface area (Å²) in [7, 11) is 0. The fourth-order valence-electron chi connectivity index (χ4n) is 4.62. The van der Waals surface area contributed by atoms with Crippen LogP contribution in [0.25, 0.3) is 0 Å². The van der Waals surface area contributed by atoms with Crippen LogP contribution in [0.2, 0.25) is 0 Å². The summed E-state index contributed by atoms with van der Waals surface area (Å²) in [6.45, 7) is 9.03. The van der Waals surface area contributed by atoms with Gasteiger partial charge in [-0.3, -0.25) is 9.78 Å². The predicted molar refractivity (Wildman–Crippen MR) is 86.3 cm³/mol. The van der Waals surface area contributed by atoms with Crippen molar-refractivity contribution in [3.63, 3.8) is 0 Å². The Bertz CT molecular complexity index is 540. The van der Waals surface area contributed by atoms with Crippen molar-refractivity contribution in [2.24, 2.45) is 23.2 Å². The van der Waals surface area contributed by atoms with Crippen LogP contribution in [0.15, 0.2) is 24.5 Å². The summed E-state index contributed by atoms with van der Waals surface area (Å²) in [6, 6.07) is 3.83. The maximum absolute atomic E-state index is 12.6. The van der Waals surface area contributed by atoms with Crippen LogP contribution in [0.4, 0.5) is 0 Å². The van der Waals surface area contributed by atoms with E-state index < -0.39 is 0 Å². The molecule has 0 amide bonds. The van der Waals surface area contributed by atoms with Gasteiger partial charge in [0, 0.05) is 12.4 Å². The summed E-state index contributed by atoms with van der Waals surface area (Å²) < 4.78 is 5.95. The molecule has 0 radical (unpaired) electrons. The van der Waals surface area contributed by atoms with Crippen LogP contribution >= 0.6 is 0 Å². The lowest BCUT2D eigenvalue weighted by molar-refractivity contribution is -0.187. The Morgan fingerprint density at radius 3 is 2.59 bits per heavy atom. The highest BCUT2D eigenvalue weighted by atomic mass is 16.5. The van der Waals surface area contributed by atoms with Crippen LogP contribution < -0.4 is 0 Å². The van der Waals surface area contributed by atoms with Gasteiger partial charge in [-0.25, -0.2) is 0 Å². The van der Waals surface area contributed by atoms with E-state index in [1.54, 1.807) is 12.4 Å². The number of nitrogens with zero attached hydrogens (tertiary/aromatic N) is 1. The molecule has 0 N–H and O–H groups in total. The predicted octanol–water partition coefficient (Wildman–Crippen LogP) is 4.19. The Morgan fingerprint density at radius 1 is 1.36 bits per heavy atom. The van der Waals surface area contributed by atoms with E-state index in [1.165, 1.54) is 6.42 Å². The van der Waals surface area contributed by atoms with Crippen molar-refractivity contribution in [1.82, 2.24) is 4.98 Å². The van der Waals surface area contributed by atoms with Gasteiger partial charge in [0.05, 0.1) is 5.92 Å². The van der Waals surface area contributed by atoms with Gasteiger partial charge in [-0.05, 0) is 60.1 Å². The van der Waals surface area contributed by atoms with Gasteiger partial charge in [-0.2, -0.15) is 0 Å². The summed E-state index contributed by atoms with van der Waals surface area (Å²) in [5.41, 5.74) is 1.44. The molecule has 3 heteroatoms. The Hall–Kier alpha value is -1.38.